The molecule has 0 atom stereocenters. The van der Waals surface area contributed by atoms with E-state index in [0.29, 0.717) is 133 Å². The van der Waals surface area contributed by atoms with E-state index in [1.807, 2.05) is 212 Å². The molecule has 1 aliphatic rings. The van der Waals surface area contributed by atoms with Crippen molar-refractivity contribution >= 4 is 90.7 Å². The lowest BCUT2D eigenvalue weighted by atomic mass is 9.83. The van der Waals surface area contributed by atoms with Gasteiger partial charge in [0.2, 0.25) is 0 Å². The Kier molecular flexibility index (Phi) is 30.3. The first-order valence-electron chi connectivity index (χ1n) is 35.4. The van der Waals surface area contributed by atoms with Crippen LogP contribution in [0.15, 0.2) is 191 Å². The van der Waals surface area contributed by atoms with Gasteiger partial charge < -0.3 is 38.3 Å². The lowest BCUT2D eigenvalue weighted by molar-refractivity contribution is -0.133. The largest absolute Gasteiger partial charge is 0.519 e. The van der Waals surface area contributed by atoms with Gasteiger partial charge in [-0.2, -0.15) is 0 Å². The van der Waals surface area contributed by atoms with Crippen LogP contribution in [0.3, 0.4) is 0 Å². The second-order valence-electron chi connectivity index (χ2n) is 27.4. The molecule has 564 valence electrons. The van der Waals surface area contributed by atoms with Gasteiger partial charge in [-0.25, -0.2) is 4.79 Å². The number of hydrogen-bond donors (Lipinski definition) is 1. The number of phenolic OH excluding ortho intramolecular Hbond substituents is 1. The van der Waals surface area contributed by atoms with Gasteiger partial charge in [0.1, 0.15) is 46.0 Å². The third-order valence-corrected chi connectivity index (χ3v) is 17.6. The van der Waals surface area contributed by atoms with Crippen molar-refractivity contribution < 1.29 is 76.6 Å². The number of carbonyl (C=O) groups is 8. The molecule has 10 rings (SSSR count). The molecule has 0 aromatic heterocycles. The summed E-state index contributed by atoms with van der Waals surface area (Å²) in [5.41, 5.74) is 14.0. The van der Waals surface area contributed by atoms with E-state index in [9.17, 15) is 43.5 Å². The Morgan fingerprint density at radius 2 is 0.519 bits per heavy atom. The highest BCUT2D eigenvalue weighted by Gasteiger charge is 2.30. The summed E-state index contributed by atoms with van der Waals surface area (Å²) in [4.78, 5) is 96.9. The molecule has 0 bridgehead atoms. The molecule has 0 amide bonds. The number of ether oxygens (including phenoxy) is 7. The zero-order valence-electron chi connectivity index (χ0n) is 65.0. The van der Waals surface area contributed by atoms with Gasteiger partial charge in [0.25, 0.3) is 0 Å². The normalized spacial score (nSPS) is 11.1. The number of fused-ring (bicyclic) bond motifs is 5. The third-order valence-electron chi connectivity index (χ3n) is 17.6. The minimum atomic E-state index is -0.923. The third kappa shape index (κ3) is 21.3. The fourth-order valence-electron chi connectivity index (χ4n) is 12.3. The standard InChI is InChI=1S/C37H38O7.C20H22O4.C18H20O3.C16H16O2.CH4/c1-21(2)17-19-27-23(5)33(29-13-9-11-15-31(29)35(27)41-25(7)38)43-37(40)44-34-24(6)28(20-18-22(3)4)36(42-26(8)39)32-16-12-10-14-30(32)34;1-12(2)10-11-16-13(3)19(23-14(4)21)17-8-6-7-9-18(17)20(16)24-15(5)22;1-11(2)9-10-14-12(3)17(20)15-7-5-6-8-16(15)18(14)21-13(4)19;1-10(2)8-9-12-11(3)15(17)13-6-4-5-7-14(13)16(12)18;/h9-18H,19-20H2,1-8H3;6-10H,11H2,1-5H3;5-9,20H,10H2,1-4H3;4-8H,9H2,1-3H3;1H4. The second kappa shape index (κ2) is 38.5. The maximum atomic E-state index is 13.6. The van der Waals surface area contributed by atoms with Gasteiger partial charge in [-0.05, 0) is 158 Å². The Hall–Kier alpha value is -11.8. The van der Waals surface area contributed by atoms with E-state index in [2.05, 4.69) is 12.2 Å². The van der Waals surface area contributed by atoms with Crippen molar-refractivity contribution in [3.8, 4) is 46.0 Å². The molecule has 0 unspecified atom stereocenters. The van der Waals surface area contributed by atoms with Crippen molar-refractivity contribution in [3.63, 3.8) is 0 Å². The van der Waals surface area contributed by atoms with E-state index in [-0.39, 0.29) is 42.7 Å². The van der Waals surface area contributed by atoms with Crippen LogP contribution in [-0.4, -0.2) is 52.7 Å². The topological polar surface area (TPSA) is 221 Å². The number of phenols is 1. The molecule has 0 fully saturated rings. The van der Waals surface area contributed by atoms with Crippen LogP contribution in [0.2, 0.25) is 0 Å². The summed E-state index contributed by atoms with van der Waals surface area (Å²) in [6, 6.07) is 36.5. The maximum Gasteiger partial charge on any atom is 0.519 e. The number of benzene rings is 9. The van der Waals surface area contributed by atoms with E-state index >= 15 is 0 Å². The summed E-state index contributed by atoms with van der Waals surface area (Å²) < 4.78 is 39.8. The van der Waals surface area contributed by atoms with Crippen molar-refractivity contribution in [3.05, 3.63) is 246 Å². The lowest BCUT2D eigenvalue weighted by Gasteiger charge is -2.20. The van der Waals surface area contributed by atoms with Crippen LogP contribution in [0.25, 0.3) is 43.1 Å². The van der Waals surface area contributed by atoms with Crippen molar-refractivity contribution in [1.29, 1.82) is 0 Å². The van der Waals surface area contributed by atoms with Crippen LogP contribution in [0.1, 0.15) is 190 Å². The Morgan fingerprint density at radius 1 is 0.296 bits per heavy atom. The summed E-state index contributed by atoms with van der Waals surface area (Å²) in [5, 5.41) is 15.9. The lowest BCUT2D eigenvalue weighted by Crippen LogP contribution is -2.20. The molecule has 0 heterocycles. The summed E-state index contributed by atoms with van der Waals surface area (Å²) in [6.07, 6.45) is 11.9. The molecule has 9 aromatic rings. The first-order chi connectivity index (χ1) is 50.6. The first kappa shape index (κ1) is 85.2. The van der Waals surface area contributed by atoms with E-state index < -0.39 is 18.1 Å². The molecule has 0 radical (unpaired) electrons. The Morgan fingerprint density at radius 3 is 0.806 bits per heavy atom. The molecule has 1 aliphatic carbocycles. The minimum Gasteiger partial charge on any atom is -0.507 e. The number of aromatic hydroxyl groups is 1. The van der Waals surface area contributed by atoms with Crippen LogP contribution >= 0.6 is 0 Å². The number of hydrogen-bond acceptors (Lipinski definition) is 16. The summed E-state index contributed by atoms with van der Waals surface area (Å²) in [6.45, 7) is 36.0. The number of carbonyl (C=O) groups excluding carboxylic acids is 8. The molecule has 1 N–H and O–H groups in total. The predicted molar refractivity (Wildman–Crippen MR) is 431 cm³/mol. The molecule has 16 nitrogen and oxygen atoms in total. The summed E-state index contributed by atoms with van der Waals surface area (Å²) in [7, 11) is 0. The van der Waals surface area contributed by atoms with E-state index in [0.717, 1.165) is 71.8 Å². The minimum absolute atomic E-state index is 0. The smallest absolute Gasteiger partial charge is 0.507 e. The molecule has 0 saturated carbocycles. The Labute approximate surface area is 634 Å². The average Bonchev–Trinajstić information content (AvgIpc) is 0.856. The van der Waals surface area contributed by atoms with Crippen molar-refractivity contribution in [2.75, 3.05) is 0 Å². The Bertz CT molecular complexity index is 5060. The number of esters is 5. The van der Waals surface area contributed by atoms with Gasteiger partial charge in [0, 0.05) is 122 Å². The van der Waals surface area contributed by atoms with Crippen molar-refractivity contribution in [1.82, 2.24) is 0 Å². The number of rotatable bonds is 17. The quantitative estimate of drug-likeness (QED) is 0.0387. The zero-order valence-corrected chi connectivity index (χ0v) is 65.0. The van der Waals surface area contributed by atoms with Gasteiger partial charge in [-0.1, -0.05) is 187 Å². The molecule has 108 heavy (non-hydrogen) atoms. The Balaban J connectivity index is 0.000000241. The predicted octanol–water partition coefficient (Wildman–Crippen LogP) is 22.2. The van der Waals surface area contributed by atoms with Gasteiger partial charge in [-0.3, -0.25) is 33.6 Å². The number of ketones is 2. The van der Waals surface area contributed by atoms with Crippen LogP contribution < -0.4 is 33.2 Å². The SMILES string of the molecule is C.CC(=O)Oc1c(C)c(CC=C(C)C)c(OC(C)=O)c2ccccc12.CC(=O)Oc1c(CC=C(C)C)c(C)c(O)c2ccccc12.CC(=O)Oc1c(CC=C(C)C)c(C)c(OC(=O)Oc2c(C)c(CC=C(C)C)c(OC(C)=O)c3ccccc23)c2ccccc12.CC(C)=CCC1=C(C)C(=O)c2ccccc2C1=O. The fourth-order valence-corrected chi connectivity index (χ4v) is 12.3. The summed E-state index contributed by atoms with van der Waals surface area (Å²) >= 11 is 0. The molecule has 16 heteroatoms. The van der Waals surface area contributed by atoms with Crippen molar-refractivity contribution in [2.24, 2.45) is 0 Å². The van der Waals surface area contributed by atoms with Crippen LogP contribution in [0.4, 0.5) is 4.79 Å². The van der Waals surface area contributed by atoms with Crippen LogP contribution in [0, 0.1) is 27.7 Å². The molecular weight excluding hydrogens is 1360 g/mol. The van der Waals surface area contributed by atoms with Crippen LogP contribution in [-0.2, 0) is 49.7 Å². The van der Waals surface area contributed by atoms with Crippen molar-refractivity contribution in [2.45, 2.75) is 178 Å². The van der Waals surface area contributed by atoms with E-state index in [1.54, 1.807) is 31.2 Å². The van der Waals surface area contributed by atoms with Gasteiger partial charge in [0.05, 0.1) is 0 Å². The van der Waals surface area contributed by atoms with Gasteiger partial charge in [-0.15, -0.1) is 0 Å². The van der Waals surface area contributed by atoms with Gasteiger partial charge >= 0.3 is 36.0 Å². The number of Topliss-reactive ketones (excluding diaryl/α,β-unsaturated/α-hetero) is 2. The molecule has 9 aromatic carbocycles. The zero-order chi connectivity index (χ0) is 78.8. The monoisotopic (exact) mass is 1460 g/mol. The fraction of sp³-hybridized carbons (Fsp3) is 0.283. The van der Waals surface area contributed by atoms with E-state index in [4.69, 9.17) is 33.2 Å². The van der Waals surface area contributed by atoms with Crippen LogP contribution in [0.5, 0.6) is 46.0 Å². The highest BCUT2D eigenvalue weighted by molar-refractivity contribution is 6.26. The molecule has 0 aliphatic heterocycles. The second-order valence-corrected chi connectivity index (χ2v) is 27.4. The molecule has 0 spiro atoms. The molecule has 0 saturated heterocycles. The maximum absolute atomic E-state index is 13.6. The van der Waals surface area contributed by atoms with E-state index in [1.165, 1.54) is 40.2 Å². The summed E-state index contributed by atoms with van der Waals surface area (Å²) in [5.74, 6) is 1.34. The van der Waals surface area contributed by atoms with Gasteiger partial charge in [0.15, 0.2) is 11.6 Å². The first-order valence-corrected chi connectivity index (χ1v) is 35.4. The number of allylic oxidation sites excluding steroid dienone is 12. The highest BCUT2D eigenvalue weighted by Crippen LogP contribution is 2.46. The highest BCUT2D eigenvalue weighted by atomic mass is 16.7. The average molecular weight is 1460 g/mol. The molecular formula is C92H100O16.